The standard InChI is InChI=1S/C9H11NOS/c1-6-4-8(7(2)12-6)9(5-10)11-3/h4,9H,1-3H3. The van der Waals surface area contributed by atoms with Gasteiger partial charge in [-0.05, 0) is 19.9 Å². The van der Waals surface area contributed by atoms with E-state index in [1.165, 1.54) is 9.75 Å². The van der Waals surface area contributed by atoms with Gasteiger partial charge in [0.1, 0.15) is 0 Å². The predicted octanol–water partition coefficient (Wildman–Crippen LogP) is 2.58. The topological polar surface area (TPSA) is 33.0 Å². The molecule has 2 nitrogen and oxygen atoms in total. The summed E-state index contributed by atoms with van der Waals surface area (Å²) in [6.45, 7) is 4.04. The lowest BCUT2D eigenvalue weighted by molar-refractivity contribution is 0.148. The van der Waals surface area contributed by atoms with Crippen LogP contribution in [0.4, 0.5) is 0 Å². The summed E-state index contributed by atoms with van der Waals surface area (Å²) in [5.74, 6) is 0. The molecule has 64 valence electrons. The van der Waals surface area contributed by atoms with Crippen LogP contribution in [0.5, 0.6) is 0 Å². The highest BCUT2D eigenvalue weighted by Crippen LogP contribution is 2.27. The van der Waals surface area contributed by atoms with Crippen LogP contribution in [0.3, 0.4) is 0 Å². The molecule has 1 heterocycles. The number of aryl methyl sites for hydroxylation is 2. The summed E-state index contributed by atoms with van der Waals surface area (Å²) in [5.41, 5.74) is 1.00. The number of thiophene rings is 1. The number of methoxy groups -OCH3 is 1. The van der Waals surface area contributed by atoms with Gasteiger partial charge in [-0.3, -0.25) is 0 Å². The predicted molar refractivity (Wildman–Crippen MR) is 49.2 cm³/mol. The first-order chi connectivity index (χ1) is 5.69. The fourth-order valence-corrected chi connectivity index (χ4v) is 2.11. The summed E-state index contributed by atoms with van der Waals surface area (Å²) in [4.78, 5) is 2.39. The third kappa shape index (κ3) is 1.66. The normalized spacial score (nSPS) is 12.5. The third-order valence-corrected chi connectivity index (χ3v) is 2.70. The summed E-state index contributed by atoms with van der Waals surface area (Å²) in [6.07, 6.45) is -0.407. The molecule has 0 aliphatic carbocycles. The molecule has 0 radical (unpaired) electrons. The summed E-state index contributed by atoms with van der Waals surface area (Å²) >= 11 is 1.70. The van der Waals surface area contributed by atoms with Crippen molar-refractivity contribution in [3.8, 4) is 6.07 Å². The van der Waals surface area contributed by atoms with Crippen LogP contribution in [0.15, 0.2) is 6.07 Å². The Morgan fingerprint density at radius 2 is 2.25 bits per heavy atom. The number of hydrogen-bond donors (Lipinski definition) is 0. The van der Waals surface area contributed by atoms with Gasteiger partial charge in [-0.1, -0.05) is 0 Å². The van der Waals surface area contributed by atoms with Crippen molar-refractivity contribution < 1.29 is 4.74 Å². The van der Waals surface area contributed by atoms with Gasteiger partial charge in [0.15, 0.2) is 6.10 Å². The number of rotatable bonds is 2. The van der Waals surface area contributed by atoms with E-state index in [9.17, 15) is 0 Å². The molecule has 0 aromatic carbocycles. The van der Waals surface area contributed by atoms with Crippen LogP contribution in [0.1, 0.15) is 21.4 Å². The lowest BCUT2D eigenvalue weighted by Gasteiger charge is -2.04. The van der Waals surface area contributed by atoms with E-state index in [-0.39, 0.29) is 0 Å². The van der Waals surface area contributed by atoms with E-state index in [0.29, 0.717) is 0 Å². The van der Waals surface area contributed by atoms with Gasteiger partial charge in [-0.15, -0.1) is 11.3 Å². The zero-order valence-electron chi connectivity index (χ0n) is 7.42. The number of hydrogen-bond acceptors (Lipinski definition) is 3. The molecule has 0 amide bonds. The summed E-state index contributed by atoms with van der Waals surface area (Å²) in [5, 5.41) is 8.74. The Bertz CT molecular complexity index is 311. The van der Waals surface area contributed by atoms with Gasteiger partial charge in [0.05, 0.1) is 6.07 Å². The highest BCUT2D eigenvalue weighted by molar-refractivity contribution is 7.12. The van der Waals surface area contributed by atoms with E-state index in [0.717, 1.165) is 5.56 Å². The van der Waals surface area contributed by atoms with Crippen molar-refractivity contribution in [2.75, 3.05) is 7.11 Å². The number of nitriles is 1. The molecule has 0 aliphatic rings. The van der Waals surface area contributed by atoms with Gasteiger partial charge >= 0.3 is 0 Å². The fourth-order valence-electron chi connectivity index (χ4n) is 1.16. The maximum absolute atomic E-state index is 8.74. The maximum atomic E-state index is 8.74. The van der Waals surface area contributed by atoms with Crippen LogP contribution in [-0.4, -0.2) is 7.11 Å². The summed E-state index contributed by atoms with van der Waals surface area (Å²) < 4.78 is 5.03. The second-order valence-corrected chi connectivity index (χ2v) is 4.07. The Hall–Kier alpha value is -0.850. The van der Waals surface area contributed by atoms with Crippen LogP contribution < -0.4 is 0 Å². The van der Waals surface area contributed by atoms with E-state index in [2.05, 4.69) is 6.07 Å². The van der Waals surface area contributed by atoms with Crippen LogP contribution in [-0.2, 0) is 4.74 Å². The van der Waals surface area contributed by atoms with Crippen LogP contribution >= 0.6 is 11.3 Å². The first kappa shape index (κ1) is 9.24. The molecule has 0 bridgehead atoms. The minimum atomic E-state index is -0.407. The van der Waals surface area contributed by atoms with E-state index >= 15 is 0 Å². The highest BCUT2D eigenvalue weighted by Gasteiger charge is 2.13. The summed E-state index contributed by atoms with van der Waals surface area (Å²) in [6, 6.07) is 4.12. The molecule has 0 spiro atoms. The Kier molecular flexibility index (Phi) is 2.85. The quantitative estimate of drug-likeness (QED) is 0.702. The Morgan fingerprint density at radius 1 is 1.58 bits per heavy atom. The van der Waals surface area contributed by atoms with Gasteiger partial charge in [0.25, 0.3) is 0 Å². The van der Waals surface area contributed by atoms with E-state index < -0.39 is 6.10 Å². The Balaban J connectivity index is 3.02. The zero-order chi connectivity index (χ0) is 9.14. The van der Waals surface area contributed by atoms with Gasteiger partial charge < -0.3 is 4.74 Å². The van der Waals surface area contributed by atoms with Crippen LogP contribution in [0.2, 0.25) is 0 Å². The molecule has 0 saturated carbocycles. The average Bonchev–Trinajstić information content (AvgIpc) is 2.34. The molecule has 1 rings (SSSR count). The molecule has 0 fully saturated rings. The minimum absolute atomic E-state index is 0.407. The van der Waals surface area contributed by atoms with Gasteiger partial charge in [0, 0.05) is 22.4 Å². The van der Waals surface area contributed by atoms with Gasteiger partial charge in [0.2, 0.25) is 0 Å². The Morgan fingerprint density at radius 3 is 2.58 bits per heavy atom. The van der Waals surface area contributed by atoms with E-state index in [1.54, 1.807) is 18.4 Å². The van der Waals surface area contributed by atoms with Crippen molar-refractivity contribution in [1.82, 2.24) is 0 Å². The van der Waals surface area contributed by atoms with E-state index in [1.807, 2.05) is 19.9 Å². The molecule has 1 aromatic rings. The SMILES string of the molecule is COC(C#N)c1cc(C)sc1C. The smallest absolute Gasteiger partial charge is 0.169 e. The molecule has 0 saturated heterocycles. The van der Waals surface area contributed by atoms with Crippen molar-refractivity contribution in [3.05, 3.63) is 21.4 Å². The third-order valence-electron chi connectivity index (χ3n) is 1.71. The van der Waals surface area contributed by atoms with Crippen molar-refractivity contribution >= 4 is 11.3 Å². The van der Waals surface area contributed by atoms with Crippen molar-refractivity contribution in [2.24, 2.45) is 0 Å². The molecule has 0 N–H and O–H groups in total. The van der Waals surface area contributed by atoms with Gasteiger partial charge in [-0.25, -0.2) is 0 Å². The number of nitrogens with zero attached hydrogens (tertiary/aromatic N) is 1. The lowest BCUT2D eigenvalue weighted by atomic mass is 10.1. The number of ether oxygens (including phenoxy) is 1. The Labute approximate surface area is 76.4 Å². The average molecular weight is 181 g/mol. The maximum Gasteiger partial charge on any atom is 0.169 e. The fraction of sp³-hybridized carbons (Fsp3) is 0.444. The van der Waals surface area contributed by atoms with E-state index in [4.69, 9.17) is 10.00 Å². The minimum Gasteiger partial charge on any atom is -0.362 e. The largest absolute Gasteiger partial charge is 0.362 e. The molecule has 12 heavy (non-hydrogen) atoms. The van der Waals surface area contributed by atoms with Crippen LogP contribution in [0.25, 0.3) is 0 Å². The first-order valence-electron chi connectivity index (χ1n) is 3.68. The molecular weight excluding hydrogens is 170 g/mol. The lowest BCUT2D eigenvalue weighted by Crippen LogP contribution is -1.97. The summed E-state index contributed by atoms with van der Waals surface area (Å²) in [7, 11) is 1.56. The molecule has 0 aliphatic heterocycles. The van der Waals surface area contributed by atoms with Crippen molar-refractivity contribution in [2.45, 2.75) is 20.0 Å². The van der Waals surface area contributed by atoms with Gasteiger partial charge in [-0.2, -0.15) is 5.26 Å². The molecule has 1 aromatic heterocycles. The second kappa shape index (κ2) is 3.70. The van der Waals surface area contributed by atoms with Crippen molar-refractivity contribution in [3.63, 3.8) is 0 Å². The monoisotopic (exact) mass is 181 g/mol. The van der Waals surface area contributed by atoms with Crippen LogP contribution in [0, 0.1) is 25.2 Å². The first-order valence-corrected chi connectivity index (χ1v) is 4.50. The molecular formula is C9H11NOS. The van der Waals surface area contributed by atoms with Crippen molar-refractivity contribution in [1.29, 1.82) is 5.26 Å². The molecule has 1 unspecified atom stereocenters. The molecule has 3 heteroatoms. The molecule has 1 atom stereocenters. The second-order valence-electron chi connectivity index (χ2n) is 2.61. The zero-order valence-corrected chi connectivity index (χ0v) is 8.23. The highest BCUT2D eigenvalue weighted by atomic mass is 32.1.